The maximum absolute atomic E-state index is 11.4. The van der Waals surface area contributed by atoms with Crippen molar-refractivity contribution in [2.45, 2.75) is 25.9 Å². The predicted molar refractivity (Wildman–Crippen MR) is 54.0 cm³/mol. The Morgan fingerprint density at radius 3 is 2.53 bits per heavy atom. The van der Waals surface area contributed by atoms with Gasteiger partial charge in [0.05, 0.1) is 13.0 Å². The second-order valence-corrected chi connectivity index (χ2v) is 3.73. The fourth-order valence-electron chi connectivity index (χ4n) is 2.04. The molecule has 0 aromatic carbocycles. The van der Waals surface area contributed by atoms with Crippen LogP contribution in [0.1, 0.15) is 19.8 Å². The fraction of sp³-hybridized carbons (Fsp3) is 0.636. The number of carbonyl (C=O) groups excluding carboxylic acids is 2. The molecule has 1 aliphatic rings. The van der Waals surface area contributed by atoms with E-state index in [9.17, 15) is 9.59 Å². The summed E-state index contributed by atoms with van der Waals surface area (Å²) in [7, 11) is 1.36. The number of carbonyl (C=O) groups is 2. The van der Waals surface area contributed by atoms with Crippen molar-refractivity contribution < 1.29 is 19.1 Å². The minimum absolute atomic E-state index is 0.0433. The Morgan fingerprint density at radius 2 is 2.07 bits per heavy atom. The van der Waals surface area contributed by atoms with Crippen LogP contribution in [0.2, 0.25) is 0 Å². The average molecular weight is 212 g/mol. The normalized spacial score (nSPS) is 29.6. The summed E-state index contributed by atoms with van der Waals surface area (Å²) in [5, 5.41) is 0. The minimum Gasteiger partial charge on any atom is -0.469 e. The lowest BCUT2D eigenvalue weighted by Crippen LogP contribution is -2.19. The van der Waals surface area contributed by atoms with Gasteiger partial charge in [0.2, 0.25) is 0 Å². The lowest BCUT2D eigenvalue weighted by molar-refractivity contribution is -0.149. The smallest absolute Gasteiger partial charge is 0.309 e. The van der Waals surface area contributed by atoms with Crippen LogP contribution in [0.15, 0.2) is 12.7 Å². The second kappa shape index (κ2) is 4.96. The van der Waals surface area contributed by atoms with E-state index in [2.05, 4.69) is 6.58 Å². The topological polar surface area (TPSA) is 52.6 Å². The summed E-state index contributed by atoms with van der Waals surface area (Å²) < 4.78 is 9.77. The molecule has 1 fully saturated rings. The van der Waals surface area contributed by atoms with Crippen molar-refractivity contribution in [3.63, 3.8) is 0 Å². The summed E-state index contributed by atoms with van der Waals surface area (Å²) in [6, 6.07) is 0. The van der Waals surface area contributed by atoms with Gasteiger partial charge in [-0.05, 0) is 18.8 Å². The van der Waals surface area contributed by atoms with Gasteiger partial charge < -0.3 is 9.47 Å². The Bertz CT molecular complexity index is 272. The number of allylic oxidation sites excluding steroid dienone is 1. The number of hydrogen-bond donors (Lipinski definition) is 0. The third kappa shape index (κ3) is 2.81. The molecule has 3 atom stereocenters. The van der Waals surface area contributed by atoms with E-state index >= 15 is 0 Å². The molecule has 4 heteroatoms. The quantitative estimate of drug-likeness (QED) is 0.522. The Labute approximate surface area is 89.2 Å². The fourth-order valence-corrected chi connectivity index (χ4v) is 2.04. The van der Waals surface area contributed by atoms with E-state index in [0.717, 1.165) is 0 Å². The monoisotopic (exact) mass is 212 g/mol. The predicted octanol–water partition coefficient (Wildman–Crippen LogP) is 1.30. The van der Waals surface area contributed by atoms with Crippen LogP contribution in [0.25, 0.3) is 0 Å². The number of ether oxygens (including phenoxy) is 2. The van der Waals surface area contributed by atoms with Gasteiger partial charge in [-0.25, -0.2) is 0 Å². The molecular weight excluding hydrogens is 196 g/mol. The van der Waals surface area contributed by atoms with Gasteiger partial charge in [0.25, 0.3) is 0 Å². The first kappa shape index (κ1) is 11.8. The molecule has 15 heavy (non-hydrogen) atoms. The van der Waals surface area contributed by atoms with Gasteiger partial charge in [-0.3, -0.25) is 9.59 Å². The molecule has 1 rings (SSSR count). The van der Waals surface area contributed by atoms with E-state index in [1.54, 1.807) is 6.08 Å². The standard InChI is InChI=1S/C11H16O4/c1-4-8-5-9(15-7(2)12)6-10(8)11(13)14-3/h4,8-10H,1,5-6H2,2-3H3/t8-,9-,10-/m0/s1. The van der Waals surface area contributed by atoms with Crippen molar-refractivity contribution in [3.05, 3.63) is 12.7 Å². The maximum atomic E-state index is 11.4. The molecule has 0 heterocycles. The van der Waals surface area contributed by atoms with Gasteiger partial charge in [0, 0.05) is 6.92 Å². The molecule has 0 bridgehead atoms. The molecule has 0 unspecified atom stereocenters. The molecule has 1 aliphatic carbocycles. The van der Waals surface area contributed by atoms with Crippen LogP contribution in [0.5, 0.6) is 0 Å². The SMILES string of the molecule is C=C[C@H]1C[C@H](OC(C)=O)C[C@@H]1C(=O)OC. The number of rotatable bonds is 3. The third-order valence-electron chi connectivity index (χ3n) is 2.71. The zero-order valence-electron chi connectivity index (χ0n) is 9.06. The van der Waals surface area contributed by atoms with Crippen LogP contribution >= 0.6 is 0 Å². The van der Waals surface area contributed by atoms with Crippen molar-refractivity contribution in [2.24, 2.45) is 11.8 Å². The van der Waals surface area contributed by atoms with Crippen LogP contribution in [-0.2, 0) is 19.1 Å². The van der Waals surface area contributed by atoms with E-state index in [0.29, 0.717) is 12.8 Å². The van der Waals surface area contributed by atoms with Crippen molar-refractivity contribution in [1.82, 2.24) is 0 Å². The van der Waals surface area contributed by atoms with Crippen molar-refractivity contribution in [1.29, 1.82) is 0 Å². The van der Waals surface area contributed by atoms with Crippen LogP contribution in [-0.4, -0.2) is 25.2 Å². The highest BCUT2D eigenvalue weighted by atomic mass is 16.5. The van der Waals surface area contributed by atoms with E-state index in [1.165, 1.54) is 14.0 Å². The molecule has 1 saturated carbocycles. The highest BCUT2D eigenvalue weighted by Crippen LogP contribution is 2.35. The minimum atomic E-state index is -0.312. The van der Waals surface area contributed by atoms with Gasteiger partial charge in [-0.15, -0.1) is 6.58 Å². The first-order chi connectivity index (χ1) is 7.08. The highest BCUT2D eigenvalue weighted by Gasteiger charge is 2.39. The summed E-state index contributed by atoms with van der Waals surface area (Å²) in [5.74, 6) is -0.749. The van der Waals surface area contributed by atoms with E-state index in [4.69, 9.17) is 9.47 Å². The number of methoxy groups -OCH3 is 1. The molecule has 4 nitrogen and oxygen atoms in total. The average Bonchev–Trinajstić information content (AvgIpc) is 2.58. The van der Waals surface area contributed by atoms with Crippen molar-refractivity contribution >= 4 is 11.9 Å². The van der Waals surface area contributed by atoms with Crippen LogP contribution in [0.3, 0.4) is 0 Å². The second-order valence-electron chi connectivity index (χ2n) is 3.73. The van der Waals surface area contributed by atoms with Gasteiger partial charge in [0.1, 0.15) is 6.10 Å². The van der Waals surface area contributed by atoms with Gasteiger partial charge in [-0.1, -0.05) is 6.08 Å². The number of esters is 2. The van der Waals surface area contributed by atoms with E-state index in [-0.39, 0.29) is 29.9 Å². The summed E-state index contributed by atoms with van der Waals surface area (Å²) >= 11 is 0. The molecular formula is C11H16O4. The Balaban J connectivity index is 2.62. The molecule has 0 N–H and O–H groups in total. The van der Waals surface area contributed by atoms with E-state index in [1.807, 2.05) is 0 Å². The zero-order valence-corrected chi connectivity index (χ0v) is 9.06. The van der Waals surface area contributed by atoms with Crippen molar-refractivity contribution in [3.8, 4) is 0 Å². The van der Waals surface area contributed by atoms with Crippen LogP contribution in [0, 0.1) is 11.8 Å². The zero-order chi connectivity index (χ0) is 11.4. The maximum Gasteiger partial charge on any atom is 0.309 e. The number of hydrogen-bond acceptors (Lipinski definition) is 4. The Hall–Kier alpha value is -1.32. The molecule has 0 radical (unpaired) electrons. The largest absolute Gasteiger partial charge is 0.469 e. The molecule has 0 aliphatic heterocycles. The summed E-state index contributed by atoms with van der Waals surface area (Å²) in [5.41, 5.74) is 0. The molecule has 84 valence electrons. The lowest BCUT2D eigenvalue weighted by Gasteiger charge is -2.11. The third-order valence-corrected chi connectivity index (χ3v) is 2.71. The molecule has 0 aromatic rings. The highest BCUT2D eigenvalue weighted by molar-refractivity contribution is 5.73. The Morgan fingerprint density at radius 1 is 1.40 bits per heavy atom. The summed E-state index contributed by atoms with van der Waals surface area (Å²) in [6.45, 7) is 5.04. The molecule has 0 amide bonds. The van der Waals surface area contributed by atoms with Gasteiger partial charge in [-0.2, -0.15) is 0 Å². The summed E-state index contributed by atoms with van der Waals surface area (Å²) in [4.78, 5) is 22.2. The summed E-state index contributed by atoms with van der Waals surface area (Å²) in [6.07, 6.45) is 2.73. The van der Waals surface area contributed by atoms with E-state index < -0.39 is 0 Å². The molecule has 0 aromatic heterocycles. The lowest BCUT2D eigenvalue weighted by atomic mass is 9.97. The van der Waals surface area contributed by atoms with Crippen LogP contribution in [0.4, 0.5) is 0 Å². The van der Waals surface area contributed by atoms with Gasteiger partial charge >= 0.3 is 11.9 Å². The first-order valence-corrected chi connectivity index (χ1v) is 4.96. The first-order valence-electron chi connectivity index (χ1n) is 4.96. The Kier molecular flexibility index (Phi) is 3.88. The molecule has 0 spiro atoms. The van der Waals surface area contributed by atoms with Gasteiger partial charge in [0.15, 0.2) is 0 Å². The van der Waals surface area contributed by atoms with Crippen LogP contribution < -0.4 is 0 Å². The molecule has 0 saturated heterocycles. The van der Waals surface area contributed by atoms with Crippen molar-refractivity contribution in [2.75, 3.05) is 7.11 Å².